The average molecular weight is 440 g/mol. The van der Waals surface area contributed by atoms with Gasteiger partial charge in [0.2, 0.25) is 17.5 Å². The maximum atomic E-state index is 12.2. The lowest BCUT2D eigenvalue weighted by atomic mass is 9.99. The highest BCUT2D eigenvalue weighted by Crippen LogP contribution is 2.35. The third kappa shape index (κ3) is 4.56. The molecule has 1 aliphatic heterocycles. The first kappa shape index (κ1) is 22.4. The smallest absolute Gasteiger partial charge is 0.338 e. The van der Waals surface area contributed by atoms with Gasteiger partial charge in [-0.25, -0.2) is 4.79 Å². The summed E-state index contributed by atoms with van der Waals surface area (Å²) in [6.45, 7) is 0.799. The topological polar surface area (TPSA) is 196 Å². The van der Waals surface area contributed by atoms with Crippen molar-refractivity contribution in [1.29, 1.82) is 0 Å². The zero-order chi connectivity index (χ0) is 22.9. The van der Waals surface area contributed by atoms with E-state index in [1.165, 1.54) is 6.92 Å². The molecule has 168 valence electrons. The van der Waals surface area contributed by atoms with E-state index < -0.39 is 66.0 Å². The summed E-state index contributed by atoms with van der Waals surface area (Å²) < 4.78 is 20.7. The van der Waals surface area contributed by atoms with Crippen molar-refractivity contribution in [1.82, 2.24) is 0 Å². The fourth-order valence-electron chi connectivity index (χ4n) is 2.87. The molecule has 5 atom stereocenters. The number of carbonyl (C=O) groups excluding carboxylic acids is 1. The molecule has 1 aromatic carbocycles. The van der Waals surface area contributed by atoms with Crippen LogP contribution in [-0.2, 0) is 9.47 Å². The standard InChI is InChI=1S/C19H20O12/c1-7-17(9(20)2-3-28-7)31-19-16(26)15(25)14(24)12(30-19)6-29-18(27)8-4-10(21)13(23)11(22)5-8/h2-5,12,14-16,19,21-26H,6H2,1H3/t12-,14-,15+,16-,19+/m1/s1. The first-order chi connectivity index (χ1) is 14.6. The first-order valence-corrected chi connectivity index (χ1v) is 8.97. The van der Waals surface area contributed by atoms with Crippen LogP contribution in [0.3, 0.4) is 0 Å². The van der Waals surface area contributed by atoms with E-state index in [-0.39, 0.29) is 17.1 Å². The van der Waals surface area contributed by atoms with Gasteiger partial charge in [-0.3, -0.25) is 4.79 Å². The van der Waals surface area contributed by atoms with E-state index >= 15 is 0 Å². The molecular formula is C19H20O12. The molecule has 1 aromatic heterocycles. The number of hydrogen-bond acceptors (Lipinski definition) is 12. The number of aromatic hydroxyl groups is 3. The van der Waals surface area contributed by atoms with Crippen molar-refractivity contribution in [3.8, 4) is 23.0 Å². The molecule has 3 rings (SSSR count). The fourth-order valence-corrected chi connectivity index (χ4v) is 2.87. The fraction of sp³-hybridized carbons (Fsp3) is 0.368. The van der Waals surface area contributed by atoms with Crippen molar-refractivity contribution in [3.05, 3.63) is 46.0 Å². The Hall–Kier alpha value is -3.32. The van der Waals surface area contributed by atoms with Crippen LogP contribution in [0.25, 0.3) is 0 Å². The van der Waals surface area contributed by atoms with Crippen molar-refractivity contribution < 1.29 is 54.1 Å². The maximum Gasteiger partial charge on any atom is 0.338 e. The lowest BCUT2D eigenvalue weighted by Crippen LogP contribution is -2.60. The molecule has 12 heteroatoms. The molecule has 0 spiro atoms. The molecule has 2 heterocycles. The molecule has 0 amide bonds. The average Bonchev–Trinajstić information content (AvgIpc) is 2.73. The lowest BCUT2D eigenvalue weighted by Gasteiger charge is -2.39. The van der Waals surface area contributed by atoms with E-state index in [2.05, 4.69) is 0 Å². The Morgan fingerprint density at radius 1 is 1.06 bits per heavy atom. The zero-order valence-electron chi connectivity index (χ0n) is 16.0. The minimum Gasteiger partial charge on any atom is -0.504 e. The number of hydrogen-bond donors (Lipinski definition) is 6. The Balaban J connectivity index is 1.72. The molecule has 1 saturated heterocycles. The summed E-state index contributed by atoms with van der Waals surface area (Å²) in [5.41, 5.74) is -0.890. The van der Waals surface area contributed by atoms with Gasteiger partial charge in [-0.15, -0.1) is 0 Å². The summed E-state index contributed by atoms with van der Waals surface area (Å²) in [6.07, 6.45) is -7.03. The van der Waals surface area contributed by atoms with Gasteiger partial charge in [-0.05, 0) is 19.1 Å². The summed E-state index contributed by atoms with van der Waals surface area (Å²) in [4.78, 5) is 24.1. The maximum absolute atomic E-state index is 12.2. The van der Waals surface area contributed by atoms with Crippen molar-refractivity contribution in [2.45, 2.75) is 37.6 Å². The van der Waals surface area contributed by atoms with Gasteiger partial charge in [0, 0.05) is 6.07 Å². The van der Waals surface area contributed by atoms with Gasteiger partial charge in [0.05, 0.1) is 11.8 Å². The predicted molar refractivity (Wildman–Crippen MR) is 98.7 cm³/mol. The van der Waals surface area contributed by atoms with Crippen molar-refractivity contribution >= 4 is 5.97 Å². The monoisotopic (exact) mass is 440 g/mol. The number of rotatable bonds is 5. The van der Waals surface area contributed by atoms with Crippen molar-refractivity contribution in [2.24, 2.45) is 0 Å². The molecular weight excluding hydrogens is 420 g/mol. The van der Waals surface area contributed by atoms with E-state index in [0.717, 1.165) is 24.5 Å². The molecule has 1 fully saturated rings. The van der Waals surface area contributed by atoms with E-state index in [1.54, 1.807) is 0 Å². The highest BCUT2D eigenvalue weighted by atomic mass is 16.7. The van der Waals surface area contributed by atoms with Crippen molar-refractivity contribution in [3.63, 3.8) is 0 Å². The Morgan fingerprint density at radius 2 is 1.71 bits per heavy atom. The number of aliphatic hydroxyl groups is 3. The third-order valence-electron chi connectivity index (χ3n) is 4.59. The van der Waals surface area contributed by atoms with Crippen LogP contribution in [0.4, 0.5) is 0 Å². The van der Waals surface area contributed by atoms with Gasteiger partial charge in [-0.1, -0.05) is 0 Å². The molecule has 0 aliphatic carbocycles. The zero-order valence-corrected chi connectivity index (χ0v) is 16.0. The van der Waals surface area contributed by atoms with Crippen LogP contribution >= 0.6 is 0 Å². The molecule has 1 aliphatic rings. The number of phenols is 3. The molecule has 31 heavy (non-hydrogen) atoms. The Morgan fingerprint density at radius 3 is 2.32 bits per heavy atom. The number of aryl methyl sites for hydroxylation is 1. The van der Waals surface area contributed by atoms with Gasteiger partial charge < -0.3 is 49.3 Å². The first-order valence-electron chi connectivity index (χ1n) is 8.97. The van der Waals surface area contributed by atoms with Gasteiger partial charge in [0.25, 0.3) is 0 Å². The van der Waals surface area contributed by atoms with Gasteiger partial charge in [0.15, 0.2) is 17.2 Å². The van der Waals surface area contributed by atoms with E-state index in [9.17, 15) is 40.2 Å². The molecule has 12 nitrogen and oxygen atoms in total. The summed E-state index contributed by atoms with van der Waals surface area (Å²) in [7, 11) is 0. The second kappa shape index (κ2) is 8.81. The highest BCUT2D eigenvalue weighted by Gasteiger charge is 2.46. The molecule has 2 aromatic rings. The van der Waals surface area contributed by atoms with E-state index in [0.29, 0.717) is 0 Å². The quantitative estimate of drug-likeness (QED) is 0.248. The Bertz CT molecular complexity index is 992. The van der Waals surface area contributed by atoms with E-state index in [1.807, 2.05) is 0 Å². The molecule has 0 saturated carbocycles. The second-order valence-corrected chi connectivity index (χ2v) is 6.76. The van der Waals surface area contributed by atoms with Crippen molar-refractivity contribution in [2.75, 3.05) is 6.61 Å². The SMILES string of the molecule is Cc1occc(=O)c1O[C@@H]1O[C@H](COC(=O)c2cc(O)c(O)c(O)c2)[C@@H](O)[C@H](O)[C@H]1O. The largest absolute Gasteiger partial charge is 0.504 e. The number of ether oxygens (including phenoxy) is 3. The number of aliphatic hydroxyl groups excluding tert-OH is 3. The third-order valence-corrected chi connectivity index (χ3v) is 4.59. The number of carbonyl (C=O) groups is 1. The van der Waals surface area contributed by atoms with Crippen LogP contribution in [0.15, 0.2) is 33.7 Å². The van der Waals surface area contributed by atoms with Crippen LogP contribution < -0.4 is 10.2 Å². The second-order valence-electron chi connectivity index (χ2n) is 6.76. The van der Waals surface area contributed by atoms with Crippen LogP contribution in [-0.4, -0.2) is 73.9 Å². The normalized spacial score (nSPS) is 25.7. The van der Waals surface area contributed by atoms with Crippen LogP contribution in [0.5, 0.6) is 23.0 Å². The highest BCUT2D eigenvalue weighted by molar-refractivity contribution is 5.91. The number of esters is 1. The Labute approximate surface area is 174 Å². The molecule has 0 unspecified atom stereocenters. The van der Waals surface area contributed by atoms with Gasteiger partial charge >= 0.3 is 5.97 Å². The van der Waals surface area contributed by atoms with Crippen LogP contribution in [0.2, 0.25) is 0 Å². The van der Waals surface area contributed by atoms with Gasteiger partial charge in [0.1, 0.15) is 36.8 Å². The number of benzene rings is 1. The molecule has 0 bridgehead atoms. The molecule has 6 N–H and O–H groups in total. The minimum absolute atomic E-state index is 0.0823. The predicted octanol–water partition coefficient (Wildman–Crippen LogP) is -0.892. The number of phenolic OH excluding ortho intramolecular Hbond substituents is 3. The van der Waals surface area contributed by atoms with Crippen LogP contribution in [0, 0.1) is 6.92 Å². The van der Waals surface area contributed by atoms with Crippen LogP contribution in [0.1, 0.15) is 16.1 Å². The summed E-state index contributed by atoms with van der Waals surface area (Å²) in [5.74, 6) is -3.59. The summed E-state index contributed by atoms with van der Waals surface area (Å²) in [5, 5.41) is 58.6. The summed E-state index contributed by atoms with van der Waals surface area (Å²) >= 11 is 0. The molecule has 0 radical (unpaired) electrons. The summed E-state index contributed by atoms with van der Waals surface area (Å²) in [6, 6.07) is 2.76. The minimum atomic E-state index is -1.76. The lowest BCUT2D eigenvalue weighted by molar-refractivity contribution is -0.277. The van der Waals surface area contributed by atoms with Gasteiger partial charge in [-0.2, -0.15) is 0 Å². The van der Waals surface area contributed by atoms with E-state index in [4.69, 9.17) is 18.6 Å². The Kier molecular flexibility index (Phi) is 6.36.